The van der Waals surface area contributed by atoms with Crippen molar-refractivity contribution in [2.45, 2.75) is 24.9 Å². The minimum absolute atomic E-state index is 0.304. The predicted octanol–water partition coefficient (Wildman–Crippen LogP) is 1.67. The number of hydrogen-bond acceptors (Lipinski definition) is 5. The van der Waals surface area contributed by atoms with E-state index in [-0.39, 0.29) is 5.97 Å². The second-order valence-electron chi connectivity index (χ2n) is 4.54. The summed E-state index contributed by atoms with van der Waals surface area (Å²) in [4.78, 5) is 11.9. The summed E-state index contributed by atoms with van der Waals surface area (Å²) in [5, 5.41) is 3.27. The summed E-state index contributed by atoms with van der Waals surface area (Å²) in [7, 11) is 4.56. The Morgan fingerprint density at radius 1 is 1.16 bits per heavy atom. The molecule has 1 atom stereocenters. The van der Waals surface area contributed by atoms with Gasteiger partial charge in [0.05, 0.1) is 21.3 Å². The third kappa shape index (κ3) is 3.38. The number of methoxy groups -OCH3 is 3. The lowest BCUT2D eigenvalue weighted by Gasteiger charge is -2.18. The molecule has 0 bridgehead atoms. The van der Waals surface area contributed by atoms with Gasteiger partial charge in [0.15, 0.2) is 0 Å². The Morgan fingerprint density at radius 2 is 1.74 bits per heavy atom. The van der Waals surface area contributed by atoms with E-state index in [9.17, 15) is 4.79 Å². The van der Waals surface area contributed by atoms with Crippen molar-refractivity contribution in [3.63, 3.8) is 0 Å². The zero-order chi connectivity index (χ0) is 13.8. The van der Waals surface area contributed by atoms with Crippen molar-refractivity contribution in [1.82, 2.24) is 5.32 Å². The maximum absolute atomic E-state index is 11.9. The van der Waals surface area contributed by atoms with Crippen LogP contribution in [0.25, 0.3) is 0 Å². The molecule has 0 aliphatic heterocycles. The van der Waals surface area contributed by atoms with Gasteiger partial charge in [-0.25, -0.2) is 4.79 Å². The first-order chi connectivity index (χ1) is 9.17. The van der Waals surface area contributed by atoms with Gasteiger partial charge in [-0.3, -0.25) is 5.32 Å². The van der Waals surface area contributed by atoms with Gasteiger partial charge in [-0.2, -0.15) is 0 Å². The number of ether oxygens (including phenoxy) is 3. The lowest BCUT2D eigenvalue weighted by molar-refractivity contribution is -0.143. The number of carbonyl (C=O) groups is 1. The van der Waals surface area contributed by atoms with E-state index in [1.807, 2.05) is 12.1 Å². The van der Waals surface area contributed by atoms with Crippen LogP contribution in [0.2, 0.25) is 0 Å². The molecule has 1 N–H and O–H groups in total. The van der Waals surface area contributed by atoms with Crippen LogP contribution in [-0.4, -0.2) is 33.3 Å². The molecule has 1 fully saturated rings. The van der Waals surface area contributed by atoms with Crippen molar-refractivity contribution in [2.24, 2.45) is 0 Å². The van der Waals surface area contributed by atoms with Gasteiger partial charge in [0, 0.05) is 12.1 Å². The fourth-order valence-electron chi connectivity index (χ4n) is 1.90. The first-order valence-electron chi connectivity index (χ1n) is 6.24. The lowest BCUT2D eigenvalue weighted by Crippen LogP contribution is -2.31. The molecule has 1 aliphatic carbocycles. The molecule has 0 aromatic heterocycles. The summed E-state index contributed by atoms with van der Waals surface area (Å²) < 4.78 is 15.3. The van der Waals surface area contributed by atoms with Crippen LogP contribution in [-0.2, 0) is 9.53 Å². The van der Waals surface area contributed by atoms with E-state index in [4.69, 9.17) is 14.2 Å². The Labute approximate surface area is 112 Å². The van der Waals surface area contributed by atoms with Crippen molar-refractivity contribution >= 4 is 5.97 Å². The average molecular weight is 265 g/mol. The van der Waals surface area contributed by atoms with Crippen molar-refractivity contribution in [1.29, 1.82) is 0 Å². The van der Waals surface area contributed by atoms with Crippen molar-refractivity contribution < 1.29 is 19.0 Å². The quantitative estimate of drug-likeness (QED) is 0.793. The highest BCUT2D eigenvalue weighted by Crippen LogP contribution is 2.30. The molecule has 19 heavy (non-hydrogen) atoms. The van der Waals surface area contributed by atoms with Crippen molar-refractivity contribution in [3.8, 4) is 11.5 Å². The molecule has 0 saturated heterocycles. The molecule has 0 radical (unpaired) electrons. The SMILES string of the molecule is COC(=O)C(NC1CC1)c1cc(OC)cc(OC)c1. The highest BCUT2D eigenvalue weighted by molar-refractivity contribution is 5.78. The summed E-state index contributed by atoms with van der Waals surface area (Å²) in [6.45, 7) is 0. The van der Waals surface area contributed by atoms with Gasteiger partial charge in [0.2, 0.25) is 0 Å². The minimum Gasteiger partial charge on any atom is -0.497 e. The predicted molar refractivity (Wildman–Crippen MR) is 70.5 cm³/mol. The normalized spacial score (nSPS) is 15.7. The molecule has 0 spiro atoms. The fraction of sp³-hybridized carbons (Fsp3) is 0.500. The number of carbonyl (C=O) groups excluding carboxylic acids is 1. The largest absolute Gasteiger partial charge is 0.497 e. The highest BCUT2D eigenvalue weighted by Gasteiger charge is 2.30. The Morgan fingerprint density at radius 3 is 2.16 bits per heavy atom. The molecule has 0 heterocycles. The molecule has 1 unspecified atom stereocenters. The maximum Gasteiger partial charge on any atom is 0.327 e. The molecular formula is C14H19NO4. The number of hydrogen-bond donors (Lipinski definition) is 1. The maximum atomic E-state index is 11.9. The van der Waals surface area contributed by atoms with Gasteiger partial charge in [-0.15, -0.1) is 0 Å². The summed E-state index contributed by atoms with van der Waals surface area (Å²) in [5.74, 6) is 1.00. The molecule has 1 aromatic rings. The third-order valence-corrected chi connectivity index (χ3v) is 3.12. The first-order valence-corrected chi connectivity index (χ1v) is 6.24. The molecule has 104 valence electrons. The Bertz CT molecular complexity index is 435. The lowest BCUT2D eigenvalue weighted by atomic mass is 10.1. The number of benzene rings is 1. The van der Waals surface area contributed by atoms with Crippen LogP contribution in [0.4, 0.5) is 0 Å². The number of rotatable bonds is 6. The van der Waals surface area contributed by atoms with Crippen LogP contribution < -0.4 is 14.8 Å². The topological polar surface area (TPSA) is 56.8 Å². The van der Waals surface area contributed by atoms with Gasteiger partial charge in [0.25, 0.3) is 0 Å². The fourth-order valence-corrected chi connectivity index (χ4v) is 1.90. The Kier molecular flexibility index (Phi) is 4.27. The zero-order valence-electron chi connectivity index (χ0n) is 11.4. The van der Waals surface area contributed by atoms with E-state index < -0.39 is 6.04 Å². The summed E-state index contributed by atoms with van der Waals surface area (Å²) >= 11 is 0. The molecule has 1 aromatic carbocycles. The number of nitrogens with one attached hydrogen (secondary N) is 1. The molecule has 1 saturated carbocycles. The first kappa shape index (κ1) is 13.7. The summed E-state index contributed by atoms with van der Waals surface area (Å²) in [6.07, 6.45) is 2.18. The Hall–Kier alpha value is -1.75. The zero-order valence-corrected chi connectivity index (χ0v) is 11.4. The average Bonchev–Trinajstić information content (AvgIpc) is 3.27. The van der Waals surface area contributed by atoms with E-state index in [0.717, 1.165) is 18.4 Å². The number of esters is 1. The van der Waals surface area contributed by atoms with E-state index >= 15 is 0 Å². The van der Waals surface area contributed by atoms with Crippen LogP contribution in [0, 0.1) is 0 Å². The molecule has 5 nitrogen and oxygen atoms in total. The Balaban J connectivity index is 2.30. The van der Waals surface area contributed by atoms with Crippen molar-refractivity contribution in [3.05, 3.63) is 23.8 Å². The van der Waals surface area contributed by atoms with E-state index in [0.29, 0.717) is 17.5 Å². The molecule has 0 amide bonds. The highest BCUT2D eigenvalue weighted by atomic mass is 16.5. The van der Waals surface area contributed by atoms with Gasteiger partial charge >= 0.3 is 5.97 Å². The molecule has 1 aliphatic rings. The van der Waals surface area contributed by atoms with Crippen LogP contribution in [0.5, 0.6) is 11.5 Å². The standard InChI is InChI=1S/C14H19NO4/c1-17-11-6-9(7-12(8-11)18-2)13(14(16)19-3)15-10-4-5-10/h6-8,10,13,15H,4-5H2,1-3H3. The van der Waals surface area contributed by atoms with Gasteiger partial charge in [-0.1, -0.05) is 0 Å². The third-order valence-electron chi connectivity index (χ3n) is 3.12. The molecular weight excluding hydrogens is 246 g/mol. The summed E-state index contributed by atoms with van der Waals surface area (Å²) in [6, 6.07) is 5.32. The smallest absolute Gasteiger partial charge is 0.327 e. The van der Waals surface area contributed by atoms with Gasteiger partial charge in [0.1, 0.15) is 17.5 Å². The van der Waals surface area contributed by atoms with Crippen LogP contribution in [0.15, 0.2) is 18.2 Å². The monoisotopic (exact) mass is 265 g/mol. The van der Waals surface area contributed by atoms with Crippen LogP contribution >= 0.6 is 0 Å². The second kappa shape index (κ2) is 5.93. The van der Waals surface area contributed by atoms with E-state index in [1.165, 1.54) is 7.11 Å². The molecule has 5 heteroatoms. The summed E-state index contributed by atoms with van der Waals surface area (Å²) in [5.41, 5.74) is 0.787. The van der Waals surface area contributed by atoms with Crippen LogP contribution in [0.1, 0.15) is 24.4 Å². The van der Waals surface area contributed by atoms with Gasteiger partial charge in [-0.05, 0) is 30.5 Å². The van der Waals surface area contributed by atoms with Gasteiger partial charge < -0.3 is 14.2 Å². The van der Waals surface area contributed by atoms with E-state index in [2.05, 4.69) is 5.32 Å². The van der Waals surface area contributed by atoms with Crippen LogP contribution in [0.3, 0.4) is 0 Å². The second-order valence-corrected chi connectivity index (χ2v) is 4.54. The minimum atomic E-state index is -0.485. The van der Waals surface area contributed by atoms with Crippen molar-refractivity contribution in [2.75, 3.05) is 21.3 Å². The van der Waals surface area contributed by atoms with E-state index in [1.54, 1.807) is 20.3 Å². The molecule has 2 rings (SSSR count).